The maximum atomic E-state index is 5.45. The molecule has 0 saturated carbocycles. The normalized spacial score (nSPS) is 12.4. The van der Waals surface area contributed by atoms with Gasteiger partial charge in [-0.25, -0.2) is 4.98 Å². The largest absolute Gasteiger partial charge is 0.480 e. The van der Waals surface area contributed by atoms with Crippen LogP contribution in [0.5, 0.6) is 5.88 Å². The first-order valence-electron chi connectivity index (χ1n) is 5.92. The summed E-state index contributed by atoms with van der Waals surface area (Å²) in [6.07, 6.45) is 4.08. The fourth-order valence-corrected chi connectivity index (χ4v) is 1.60. The summed E-state index contributed by atoms with van der Waals surface area (Å²) in [6.45, 7) is 1.85. The zero-order valence-corrected chi connectivity index (χ0v) is 11.2. The van der Waals surface area contributed by atoms with Gasteiger partial charge in [-0.1, -0.05) is 0 Å². The van der Waals surface area contributed by atoms with Crippen molar-refractivity contribution in [2.45, 2.75) is 12.5 Å². The lowest BCUT2D eigenvalue weighted by Gasteiger charge is -2.17. The van der Waals surface area contributed by atoms with E-state index in [1.165, 1.54) is 0 Å². The fourth-order valence-electron chi connectivity index (χ4n) is 1.60. The molecule has 0 saturated heterocycles. The molecular formula is C12H21N3O3. The Kier molecular flexibility index (Phi) is 7.24. The van der Waals surface area contributed by atoms with Gasteiger partial charge in [-0.3, -0.25) is 4.98 Å². The van der Waals surface area contributed by atoms with Crippen molar-refractivity contribution in [2.24, 2.45) is 0 Å². The van der Waals surface area contributed by atoms with E-state index in [4.69, 9.17) is 14.2 Å². The molecule has 0 radical (unpaired) electrons. The molecule has 1 atom stereocenters. The van der Waals surface area contributed by atoms with Crippen molar-refractivity contribution in [1.29, 1.82) is 0 Å². The van der Waals surface area contributed by atoms with Crippen LogP contribution in [0.2, 0.25) is 0 Å². The monoisotopic (exact) mass is 255 g/mol. The Labute approximate surface area is 108 Å². The highest BCUT2D eigenvalue weighted by atomic mass is 16.5. The van der Waals surface area contributed by atoms with Gasteiger partial charge in [0.25, 0.3) is 0 Å². The van der Waals surface area contributed by atoms with E-state index < -0.39 is 0 Å². The third-order valence-corrected chi connectivity index (χ3v) is 2.55. The first-order chi connectivity index (χ1) is 8.83. The second-order valence-electron chi connectivity index (χ2n) is 3.69. The minimum Gasteiger partial charge on any atom is -0.480 e. The van der Waals surface area contributed by atoms with Gasteiger partial charge in [-0.05, 0) is 13.5 Å². The average molecular weight is 255 g/mol. The molecule has 0 aliphatic carbocycles. The van der Waals surface area contributed by atoms with Gasteiger partial charge in [0, 0.05) is 26.1 Å². The Hall–Kier alpha value is -1.24. The van der Waals surface area contributed by atoms with Crippen molar-refractivity contribution in [3.05, 3.63) is 18.1 Å². The van der Waals surface area contributed by atoms with E-state index in [2.05, 4.69) is 15.3 Å². The van der Waals surface area contributed by atoms with Crippen molar-refractivity contribution < 1.29 is 14.2 Å². The van der Waals surface area contributed by atoms with Crippen LogP contribution in [0.25, 0.3) is 0 Å². The Bertz CT molecular complexity index is 336. The molecular weight excluding hydrogens is 234 g/mol. The predicted octanol–water partition coefficient (Wildman–Crippen LogP) is 0.799. The summed E-state index contributed by atoms with van der Waals surface area (Å²) in [6, 6.07) is 0.0659. The summed E-state index contributed by atoms with van der Waals surface area (Å²) in [5.41, 5.74) is 0.804. The van der Waals surface area contributed by atoms with Gasteiger partial charge in [0.15, 0.2) is 0 Å². The van der Waals surface area contributed by atoms with Gasteiger partial charge in [-0.2, -0.15) is 0 Å². The Morgan fingerprint density at radius 1 is 1.17 bits per heavy atom. The Morgan fingerprint density at radius 2 is 1.94 bits per heavy atom. The van der Waals surface area contributed by atoms with Crippen molar-refractivity contribution in [2.75, 3.05) is 41.1 Å². The van der Waals surface area contributed by atoms with Crippen LogP contribution in [-0.2, 0) is 9.47 Å². The Balaban J connectivity index is 2.49. The quantitative estimate of drug-likeness (QED) is 0.658. The van der Waals surface area contributed by atoms with E-state index in [0.717, 1.165) is 12.1 Å². The lowest BCUT2D eigenvalue weighted by molar-refractivity contribution is 0.0658. The van der Waals surface area contributed by atoms with Crippen LogP contribution in [0.4, 0.5) is 0 Å². The van der Waals surface area contributed by atoms with Gasteiger partial charge in [0.2, 0.25) is 5.88 Å². The van der Waals surface area contributed by atoms with Crippen molar-refractivity contribution >= 4 is 0 Å². The molecule has 0 aromatic carbocycles. The van der Waals surface area contributed by atoms with Gasteiger partial charge >= 0.3 is 0 Å². The molecule has 0 fully saturated rings. The van der Waals surface area contributed by atoms with E-state index in [1.807, 2.05) is 7.05 Å². The highest BCUT2D eigenvalue weighted by Gasteiger charge is 2.16. The standard InChI is InChI=1S/C12H21N3O3/c1-13-10(4-7-18-9-8-16-2)11-12(17-3)15-6-5-14-11/h5-6,10,13H,4,7-9H2,1-3H3. The van der Waals surface area contributed by atoms with E-state index in [-0.39, 0.29) is 6.04 Å². The zero-order chi connectivity index (χ0) is 13.2. The number of nitrogens with one attached hydrogen (secondary N) is 1. The van der Waals surface area contributed by atoms with Gasteiger partial charge in [0.1, 0.15) is 5.69 Å². The number of rotatable bonds is 9. The Morgan fingerprint density at radius 3 is 2.61 bits per heavy atom. The summed E-state index contributed by atoms with van der Waals surface area (Å²) in [5, 5.41) is 3.19. The first-order valence-corrected chi connectivity index (χ1v) is 5.92. The molecule has 0 amide bonds. The number of nitrogens with zero attached hydrogens (tertiary/aromatic N) is 2. The summed E-state index contributed by atoms with van der Waals surface area (Å²) >= 11 is 0. The smallest absolute Gasteiger partial charge is 0.236 e. The van der Waals surface area contributed by atoms with Gasteiger partial charge < -0.3 is 19.5 Å². The third kappa shape index (κ3) is 4.56. The van der Waals surface area contributed by atoms with Crippen LogP contribution >= 0.6 is 0 Å². The van der Waals surface area contributed by atoms with Gasteiger partial charge in [0.05, 0.1) is 26.4 Å². The molecule has 1 heterocycles. The first kappa shape index (κ1) is 14.8. The zero-order valence-electron chi connectivity index (χ0n) is 11.2. The van der Waals surface area contributed by atoms with Gasteiger partial charge in [-0.15, -0.1) is 0 Å². The van der Waals surface area contributed by atoms with Crippen LogP contribution in [0.1, 0.15) is 18.2 Å². The molecule has 1 N–H and O–H groups in total. The highest BCUT2D eigenvalue weighted by molar-refractivity contribution is 5.20. The number of ether oxygens (including phenoxy) is 3. The van der Waals surface area contributed by atoms with Crippen molar-refractivity contribution in [1.82, 2.24) is 15.3 Å². The van der Waals surface area contributed by atoms with Crippen LogP contribution < -0.4 is 10.1 Å². The molecule has 1 aromatic heterocycles. The lowest BCUT2D eigenvalue weighted by Crippen LogP contribution is -2.21. The van der Waals surface area contributed by atoms with Crippen molar-refractivity contribution in [3.63, 3.8) is 0 Å². The molecule has 6 heteroatoms. The molecule has 1 aromatic rings. The van der Waals surface area contributed by atoms with E-state index >= 15 is 0 Å². The molecule has 1 rings (SSSR count). The molecule has 0 aliphatic rings. The summed E-state index contributed by atoms with van der Waals surface area (Å²) in [4.78, 5) is 8.44. The topological polar surface area (TPSA) is 65.5 Å². The number of hydrogen-bond acceptors (Lipinski definition) is 6. The van der Waals surface area contributed by atoms with E-state index in [1.54, 1.807) is 26.6 Å². The van der Waals surface area contributed by atoms with E-state index in [9.17, 15) is 0 Å². The second-order valence-corrected chi connectivity index (χ2v) is 3.69. The molecule has 0 aliphatic heterocycles. The van der Waals surface area contributed by atoms with Crippen LogP contribution in [0.3, 0.4) is 0 Å². The molecule has 102 valence electrons. The number of aromatic nitrogens is 2. The maximum absolute atomic E-state index is 5.45. The number of hydrogen-bond donors (Lipinski definition) is 1. The SMILES string of the molecule is CNC(CCOCCOC)c1nccnc1OC. The van der Waals surface area contributed by atoms with Crippen LogP contribution in [0.15, 0.2) is 12.4 Å². The minimum absolute atomic E-state index is 0.0659. The predicted molar refractivity (Wildman–Crippen MR) is 67.7 cm³/mol. The highest BCUT2D eigenvalue weighted by Crippen LogP contribution is 2.21. The summed E-state index contributed by atoms with van der Waals surface area (Å²) < 4.78 is 15.6. The maximum Gasteiger partial charge on any atom is 0.236 e. The molecule has 6 nitrogen and oxygen atoms in total. The molecule has 18 heavy (non-hydrogen) atoms. The molecule has 0 spiro atoms. The third-order valence-electron chi connectivity index (χ3n) is 2.55. The molecule has 0 bridgehead atoms. The van der Waals surface area contributed by atoms with Crippen LogP contribution in [-0.4, -0.2) is 51.1 Å². The second kappa shape index (κ2) is 8.79. The summed E-state index contributed by atoms with van der Waals surface area (Å²) in [7, 11) is 5.13. The summed E-state index contributed by atoms with van der Waals surface area (Å²) in [5.74, 6) is 0.550. The average Bonchev–Trinajstić information content (AvgIpc) is 2.43. The lowest BCUT2D eigenvalue weighted by atomic mass is 10.1. The van der Waals surface area contributed by atoms with Crippen LogP contribution in [0, 0.1) is 0 Å². The molecule has 1 unspecified atom stereocenters. The van der Waals surface area contributed by atoms with E-state index in [0.29, 0.717) is 25.7 Å². The van der Waals surface area contributed by atoms with Crippen molar-refractivity contribution in [3.8, 4) is 5.88 Å². The number of methoxy groups -OCH3 is 2. The minimum atomic E-state index is 0.0659. The fraction of sp³-hybridized carbons (Fsp3) is 0.667.